The van der Waals surface area contributed by atoms with Crippen LogP contribution in [0.4, 0.5) is 0 Å². The van der Waals surface area contributed by atoms with Gasteiger partial charge in [0.1, 0.15) is 5.75 Å². The topological polar surface area (TPSA) is 38.7 Å². The van der Waals surface area contributed by atoms with Crippen molar-refractivity contribution in [3.63, 3.8) is 0 Å². The summed E-state index contributed by atoms with van der Waals surface area (Å²) in [6.07, 6.45) is 5.43. The van der Waals surface area contributed by atoms with E-state index in [1.54, 1.807) is 13.2 Å². The van der Waals surface area contributed by atoms with E-state index < -0.39 is 0 Å². The van der Waals surface area contributed by atoms with E-state index in [1.807, 2.05) is 24.3 Å². The summed E-state index contributed by atoms with van der Waals surface area (Å²) >= 11 is 0. The summed E-state index contributed by atoms with van der Waals surface area (Å²) in [7, 11) is 1.63. The first kappa shape index (κ1) is 10.2. The highest BCUT2D eigenvalue weighted by molar-refractivity contribution is 5.34. The van der Waals surface area contributed by atoms with Gasteiger partial charge in [-0.3, -0.25) is 0 Å². The molecular weight excluding hydrogens is 178 g/mol. The molecule has 0 spiro atoms. The Labute approximate surface area is 82.7 Å². The van der Waals surface area contributed by atoms with Crippen molar-refractivity contribution in [2.45, 2.75) is 6.42 Å². The summed E-state index contributed by atoms with van der Waals surface area (Å²) in [5.41, 5.74) is 1.14. The first-order valence-electron chi connectivity index (χ1n) is 4.21. The molecule has 3 heteroatoms. The van der Waals surface area contributed by atoms with E-state index in [0.717, 1.165) is 17.7 Å². The molecule has 0 atom stereocenters. The third kappa shape index (κ3) is 3.25. The number of benzene rings is 1. The molecule has 0 aliphatic heterocycles. The van der Waals surface area contributed by atoms with Crippen LogP contribution in [0.1, 0.15) is 5.56 Å². The molecule has 72 valence electrons. The lowest BCUT2D eigenvalue weighted by Gasteiger charge is -1.99. The maximum atomic E-state index is 9.74. The van der Waals surface area contributed by atoms with Crippen LogP contribution in [0.15, 0.2) is 41.5 Å². The molecule has 1 rings (SSSR count). The highest BCUT2D eigenvalue weighted by Crippen LogP contribution is 2.11. The smallest absolute Gasteiger partial charge is 0.239 e. The van der Waals surface area contributed by atoms with Crippen LogP contribution in [0.25, 0.3) is 0 Å². The van der Waals surface area contributed by atoms with Gasteiger partial charge in [-0.2, -0.15) is 4.99 Å². The standard InChI is InChI=1S/C11H11NO2/c1-14-11-6-4-10(5-7-11)3-2-8-12-9-13/h2,4-8H,3H2,1H3/b8-2-. The number of aliphatic imine (C=N–C) groups is 1. The van der Waals surface area contributed by atoms with Gasteiger partial charge in [0.2, 0.25) is 6.08 Å². The van der Waals surface area contributed by atoms with Crippen molar-refractivity contribution < 1.29 is 9.53 Å². The lowest BCUT2D eigenvalue weighted by atomic mass is 10.1. The molecule has 1 aromatic carbocycles. The summed E-state index contributed by atoms with van der Waals surface area (Å²) in [6, 6.07) is 7.72. The maximum Gasteiger partial charge on any atom is 0.239 e. The molecule has 0 saturated heterocycles. The summed E-state index contributed by atoms with van der Waals surface area (Å²) < 4.78 is 5.02. The van der Waals surface area contributed by atoms with Gasteiger partial charge in [-0.1, -0.05) is 18.2 Å². The maximum absolute atomic E-state index is 9.74. The van der Waals surface area contributed by atoms with E-state index in [0.29, 0.717) is 0 Å². The number of rotatable bonds is 4. The minimum absolute atomic E-state index is 0.745. The quantitative estimate of drug-likeness (QED) is 0.537. The first-order chi connectivity index (χ1) is 6.86. The van der Waals surface area contributed by atoms with Gasteiger partial charge in [0, 0.05) is 6.20 Å². The molecule has 14 heavy (non-hydrogen) atoms. The van der Waals surface area contributed by atoms with Crippen molar-refractivity contribution in [1.29, 1.82) is 0 Å². The van der Waals surface area contributed by atoms with E-state index in [9.17, 15) is 4.79 Å². The Bertz CT molecular complexity index is 348. The normalized spacial score (nSPS) is 9.79. The van der Waals surface area contributed by atoms with Gasteiger partial charge in [-0.15, -0.1) is 0 Å². The molecule has 0 N–H and O–H groups in total. The summed E-state index contributed by atoms with van der Waals surface area (Å²) in [6.45, 7) is 0. The van der Waals surface area contributed by atoms with Gasteiger partial charge < -0.3 is 4.74 Å². The average molecular weight is 189 g/mol. The minimum Gasteiger partial charge on any atom is -0.497 e. The number of hydrogen-bond acceptors (Lipinski definition) is 3. The lowest BCUT2D eigenvalue weighted by Crippen LogP contribution is -1.84. The van der Waals surface area contributed by atoms with Gasteiger partial charge in [0.25, 0.3) is 0 Å². The van der Waals surface area contributed by atoms with E-state index in [2.05, 4.69) is 4.99 Å². The number of isocyanates is 1. The molecule has 0 bridgehead atoms. The monoisotopic (exact) mass is 189 g/mol. The van der Waals surface area contributed by atoms with E-state index in [4.69, 9.17) is 4.74 Å². The Balaban J connectivity index is 2.55. The van der Waals surface area contributed by atoms with E-state index in [-0.39, 0.29) is 0 Å². The third-order valence-electron chi connectivity index (χ3n) is 1.75. The van der Waals surface area contributed by atoms with E-state index in [1.165, 1.54) is 12.3 Å². The van der Waals surface area contributed by atoms with Gasteiger partial charge in [0.05, 0.1) is 7.11 Å². The Morgan fingerprint density at radius 3 is 2.71 bits per heavy atom. The molecule has 1 aromatic rings. The molecule has 0 fully saturated rings. The van der Waals surface area contributed by atoms with Crippen molar-refractivity contribution in [3.8, 4) is 5.75 Å². The number of methoxy groups -OCH3 is 1. The van der Waals surface area contributed by atoms with Crippen LogP contribution >= 0.6 is 0 Å². The molecular formula is C11H11NO2. The molecule has 0 aliphatic rings. The zero-order valence-electron chi connectivity index (χ0n) is 7.93. The zero-order chi connectivity index (χ0) is 10.2. The van der Waals surface area contributed by atoms with Crippen LogP contribution < -0.4 is 4.74 Å². The number of ether oxygens (including phenoxy) is 1. The fourth-order valence-corrected chi connectivity index (χ4v) is 1.03. The fourth-order valence-electron chi connectivity index (χ4n) is 1.03. The molecule has 0 unspecified atom stereocenters. The average Bonchev–Trinajstić information content (AvgIpc) is 2.25. The summed E-state index contributed by atoms with van der Waals surface area (Å²) in [4.78, 5) is 13.1. The molecule has 3 nitrogen and oxygen atoms in total. The van der Waals surface area contributed by atoms with Crippen molar-refractivity contribution in [2.24, 2.45) is 4.99 Å². The van der Waals surface area contributed by atoms with Crippen LogP contribution in [-0.4, -0.2) is 13.2 Å². The second-order valence-corrected chi connectivity index (χ2v) is 2.66. The van der Waals surface area contributed by atoms with Crippen LogP contribution in [0.2, 0.25) is 0 Å². The van der Waals surface area contributed by atoms with Crippen molar-refractivity contribution in [1.82, 2.24) is 0 Å². The zero-order valence-corrected chi connectivity index (χ0v) is 7.93. The van der Waals surface area contributed by atoms with Crippen LogP contribution in [-0.2, 0) is 11.2 Å². The second-order valence-electron chi connectivity index (χ2n) is 2.66. The van der Waals surface area contributed by atoms with Gasteiger partial charge in [-0.25, -0.2) is 4.79 Å². The van der Waals surface area contributed by atoms with Crippen LogP contribution in [0.3, 0.4) is 0 Å². The molecule has 0 aromatic heterocycles. The lowest BCUT2D eigenvalue weighted by molar-refractivity contribution is 0.414. The molecule has 0 saturated carbocycles. The predicted octanol–water partition coefficient (Wildman–Crippen LogP) is 2.09. The Morgan fingerprint density at radius 2 is 2.14 bits per heavy atom. The Hall–Kier alpha value is -1.86. The highest BCUT2D eigenvalue weighted by atomic mass is 16.5. The van der Waals surface area contributed by atoms with Crippen molar-refractivity contribution >= 4 is 6.08 Å². The molecule has 0 radical (unpaired) electrons. The van der Waals surface area contributed by atoms with Crippen LogP contribution in [0.5, 0.6) is 5.75 Å². The predicted molar refractivity (Wildman–Crippen MR) is 54.0 cm³/mol. The largest absolute Gasteiger partial charge is 0.497 e. The number of carbonyl (C=O) groups excluding carboxylic acids is 1. The fraction of sp³-hybridized carbons (Fsp3) is 0.182. The minimum atomic E-state index is 0.745. The SMILES string of the molecule is COc1ccc(C/C=C\N=C=O)cc1. The number of allylic oxidation sites excluding steroid dienone is 1. The van der Waals surface area contributed by atoms with Gasteiger partial charge in [-0.05, 0) is 24.1 Å². The molecule has 0 amide bonds. The molecule has 0 heterocycles. The van der Waals surface area contributed by atoms with Gasteiger partial charge in [0.15, 0.2) is 0 Å². The van der Waals surface area contributed by atoms with Gasteiger partial charge >= 0.3 is 0 Å². The highest BCUT2D eigenvalue weighted by Gasteiger charge is 1.90. The Kier molecular flexibility index (Phi) is 4.18. The number of hydrogen-bond donors (Lipinski definition) is 0. The summed E-state index contributed by atoms with van der Waals surface area (Å²) in [5, 5.41) is 0. The Morgan fingerprint density at radius 1 is 1.43 bits per heavy atom. The third-order valence-corrected chi connectivity index (χ3v) is 1.75. The van der Waals surface area contributed by atoms with E-state index >= 15 is 0 Å². The van der Waals surface area contributed by atoms with Crippen molar-refractivity contribution in [2.75, 3.05) is 7.11 Å². The van der Waals surface area contributed by atoms with Crippen molar-refractivity contribution in [3.05, 3.63) is 42.1 Å². The second kappa shape index (κ2) is 5.73. The van der Waals surface area contributed by atoms with Crippen LogP contribution in [0, 0.1) is 0 Å². The first-order valence-corrected chi connectivity index (χ1v) is 4.21. The number of nitrogens with zero attached hydrogens (tertiary/aromatic N) is 1. The summed E-state index contributed by atoms with van der Waals surface area (Å²) in [5.74, 6) is 0.837. The molecule has 0 aliphatic carbocycles.